The predicted octanol–water partition coefficient (Wildman–Crippen LogP) is 2.93. The lowest BCUT2D eigenvalue weighted by Crippen LogP contribution is -2.51. The number of hydrogen-bond acceptors (Lipinski definition) is 8. The topological polar surface area (TPSA) is 101 Å². The second-order valence-corrected chi connectivity index (χ2v) is 6.86. The van der Waals surface area contributed by atoms with E-state index in [9.17, 15) is 18.8 Å². The molecule has 1 aromatic rings. The molecule has 0 unspecified atom stereocenters. The van der Waals surface area contributed by atoms with E-state index >= 15 is 0 Å². The Morgan fingerprint density at radius 3 is 1.97 bits per heavy atom. The third-order valence-corrected chi connectivity index (χ3v) is 3.71. The van der Waals surface area contributed by atoms with Crippen LogP contribution in [0, 0.1) is 5.82 Å². The van der Waals surface area contributed by atoms with E-state index in [1.165, 1.54) is 20.3 Å². The molecule has 0 saturated carbocycles. The highest BCUT2D eigenvalue weighted by Gasteiger charge is 2.40. The molecule has 0 N–H and O–H groups in total. The zero-order valence-electron chi connectivity index (χ0n) is 17.5. The number of methoxy groups -OCH3 is 4. The molecule has 0 heterocycles. The summed E-state index contributed by atoms with van der Waals surface area (Å²) in [5.41, 5.74) is -0.978. The molecule has 9 nitrogen and oxygen atoms in total. The monoisotopic (exact) mass is 414 g/mol. The molecule has 0 fully saturated rings. The molecule has 0 aliphatic rings. The Bertz CT molecular complexity index is 759. The lowest BCUT2D eigenvalue weighted by atomic mass is 10.0. The summed E-state index contributed by atoms with van der Waals surface area (Å²) in [5, 5.41) is 0. The first-order valence-corrected chi connectivity index (χ1v) is 8.57. The van der Waals surface area contributed by atoms with E-state index in [4.69, 9.17) is 18.9 Å². The van der Waals surface area contributed by atoms with Gasteiger partial charge in [-0.15, -0.1) is 0 Å². The van der Waals surface area contributed by atoms with Gasteiger partial charge >= 0.3 is 18.2 Å². The average molecular weight is 414 g/mol. The van der Waals surface area contributed by atoms with Gasteiger partial charge in [-0.1, -0.05) is 0 Å². The Hall–Kier alpha value is -3.04. The summed E-state index contributed by atoms with van der Waals surface area (Å²) >= 11 is 0. The van der Waals surface area contributed by atoms with Gasteiger partial charge in [0.05, 0.1) is 28.4 Å². The molecule has 2 amide bonds. The molecular weight excluding hydrogens is 388 g/mol. The van der Waals surface area contributed by atoms with E-state index in [1.807, 2.05) is 0 Å². The fourth-order valence-corrected chi connectivity index (χ4v) is 2.42. The summed E-state index contributed by atoms with van der Waals surface area (Å²) in [7, 11) is 4.81. The summed E-state index contributed by atoms with van der Waals surface area (Å²) in [6.07, 6.45) is -2.70. The van der Waals surface area contributed by atoms with E-state index in [2.05, 4.69) is 4.74 Å². The number of rotatable bonds is 6. The van der Waals surface area contributed by atoms with Crippen molar-refractivity contribution in [1.82, 2.24) is 4.90 Å². The van der Waals surface area contributed by atoms with Crippen LogP contribution in [-0.4, -0.2) is 63.1 Å². The molecule has 0 bridgehead atoms. The van der Waals surface area contributed by atoms with Crippen molar-refractivity contribution in [3.8, 4) is 11.5 Å². The van der Waals surface area contributed by atoms with Gasteiger partial charge in [-0.25, -0.2) is 18.8 Å². The van der Waals surface area contributed by atoms with Crippen molar-refractivity contribution in [3.63, 3.8) is 0 Å². The fraction of sp³-hybridized carbons (Fsp3) is 0.526. The highest BCUT2D eigenvalue weighted by Crippen LogP contribution is 2.31. The van der Waals surface area contributed by atoms with Crippen LogP contribution >= 0.6 is 0 Å². The number of nitrogens with zero attached hydrogens (tertiary/aromatic N) is 1. The summed E-state index contributed by atoms with van der Waals surface area (Å²) in [4.78, 5) is 37.7. The van der Waals surface area contributed by atoms with E-state index in [1.54, 1.807) is 20.8 Å². The molecule has 0 saturated heterocycles. The third-order valence-electron chi connectivity index (χ3n) is 3.71. The molecule has 0 aromatic heterocycles. The quantitative estimate of drug-likeness (QED) is 0.517. The van der Waals surface area contributed by atoms with Crippen molar-refractivity contribution in [1.29, 1.82) is 0 Å². The number of hydrogen-bond donors (Lipinski definition) is 0. The Labute approximate surface area is 168 Å². The van der Waals surface area contributed by atoms with Crippen molar-refractivity contribution in [3.05, 3.63) is 23.5 Å². The van der Waals surface area contributed by atoms with E-state index in [0.29, 0.717) is 4.90 Å². The van der Waals surface area contributed by atoms with Crippen LogP contribution in [0.25, 0.3) is 0 Å². The predicted molar refractivity (Wildman–Crippen MR) is 99.5 cm³/mol. The first-order chi connectivity index (χ1) is 13.5. The van der Waals surface area contributed by atoms with Crippen molar-refractivity contribution in [2.45, 2.75) is 38.8 Å². The number of esters is 1. The smallest absolute Gasteiger partial charge is 0.420 e. The zero-order chi connectivity index (χ0) is 22.4. The highest BCUT2D eigenvalue weighted by atomic mass is 18.2. The SMILES string of the molecule is COC(=O)[C@H](Cc1cc(OC)c(OC)cc1[18F])N(C(=O)OC)C(=O)OC(C)(C)C. The number of amides is 2. The molecule has 29 heavy (non-hydrogen) atoms. The molecule has 162 valence electrons. The van der Waals surface area contributed by atoms with E-state index in [-0.39, 0.29) is 17.1 Å². The number of ether oxygens (including phenoxy) is 5. The maximum absolute atomic E-state index is 14.6. The van der Waals surface area contributed by atoms with Crippen LogP contribution in [0.2, 0.25) is 0 Å². The third kappa shape index (κ3) is 6.23. The average Bonchev–Trinajstić information content (AvgIpc) is 2.65. The standard InChI is InChI=1S/C19H26FNO8/c1-19(2,3)29-18(24)21(17(23)28-7)13(16(22)27-6)8-11-9-14(25-4)15(26-5)10-12(11)20/h9-10,13H,8H2,1-7H3/t13-/m0/s1/i20-1. The Morgan fingerprint density at radius 2 is 1.52 bits per heavy atom. The van der Waals surface area contributed by atoms with Gasteiger partial charge in [0, 0.05) is 12.5 Å². The van der Waals surface area contributed by atoms with Crippen LogP contribution in [0.3, 0.4) is 0 Å². The minimum Gasteiger partial charge on any atom is -0.493 e. The van der Waals surface area contributed by atoms with Gasteiger partial charge in [0.25, 0.3) is 0 Å². The number of imide groups is 1. The highest BCUT2D eigenvalue weighted by molar-refractivity contribution is 5.94. The second-order valence-electron chi connectivity index (χ2n) is 6.86. The van der Waals surface area contributed by atoms with Crippen molar-refractivity contribution >= 4 is 18.2 Å². The molecular formula is C19H26FNO8. The largest absolute Gasteiger partial charge is 0.493 e. The van der Waals surface area contributed by atoms with Gasteiger partial charge in [0.2, 0.25) is 0 Å². The number of benzene rings is 1. The summed E-state index contributed by atoms with van der Waals surface area (Å²) in [6, 6.07) is 0.822. The maximum atomic E-state index is 14.6. The molecule has 0 spiro atoms. The normalized spacial score (nSPS) is 11.9. The van der Waals surface area contributed by atoms with Crippen LogP contribution in [0.4, 0.5) is 14.0 Å². The van der Waals surface area contributed by atoms with Crippen molar-refractivity contribution < 1.29 is 42.5 Å². The minimum absolute atomic E-state index is 0.0180. The van der Waals surface area contributed by atoms with Crippen LogP contribution in [0.1, 0.15) is 26.3 Å². The zero-order valence-corrected chi connectivity index (χ0v) is 17.5. The maximum Gasteiger partial charge on any atom is 0.420 e. The Morgan fingerprint density at radius 1 is 0.966 bits per heavy atom. The molecule has 1 aromatic carbocycles. The van der Waals surface area contributed by atoms with Crippen molar-refractivity contribution in [2.24, 2.45) is 0 Å². The molecule has 0 aliphatic carbocycles. The number of carbonyl (C=O) groups excluding carboxylic acids is 3. The van der Waals surface area contributed by atoms with Gasteiger partial charge in [-0.3, -0.25) is 0 Å². The minimum atomic E-state index is -1.55. The second kappa shape index (κ2) is 9.94. The van der Waals surface area contributed by atoms with Crippen molar-refractivity contribution in [2.75, 3.05) is 28.4 Å². The number of carbonyl (C=O) groups is 3. The van der Waals surface area contributed by atoms with Crippen LogP contribution < -0.4 is 9.47 Å². The molecule has 1 rings (SSSR count). The van der Waals surface area contributed by atoms with E-state index < -0.39 is 42.0 Å². The molecule has 10 heteroatoms. The fourth-order valence-electron chi connectivity index (χ4n) is 2.42. The molecule has 0 aliphatic heterocycles. The van der Waals surface area contributed by atoms with Gasteiger partial charge in [-0.2, -0.15) is 4.90 Å². The van der Waals surface area contributed by atoms with Gasteiger partial charge in [0.15, 0.2) is 11.5 Å². The number of halogens is 1. The van der Waals surface area contributed by atoms with Crippen LogP contribution in [0.15, 0.2) is 12.1 Å². The van der Waals surface area contributed by atoms with Gasteiger partial charge in [-0.05, 0) is 32.4 Å². The first-order valence-electron chi connectivity index (χ1n) is 8.57. The lowest BCUT2D eigenvalue weighted by Gasteiger charge is -2.29. The molecule has 1 atom stereocenters. The van der Waals surface area contributed by atoms with Gasteiger partial charge in [0.1, 0.15) is 17.5 Å². The Kier molecular flexibility index (Phi) is 8.23. The Balaban J connectivity index is 3.42. The molecule has 0 radical (unpaired) electrons. The van der Waals surface area contributed by atoms with E-state index in [0.717, 1.165) is 20.3 Å². The lowest BCUT2D eigenvalue weighted by molar-refractivity contribution is -0.146. The summed E-state index contributed by atoms with van der Waals surface area (Å²) < 4.78 is 39.2. The summed E-state index contributed by atoms with van der Waals surface area (Å²) in [5.74, 6) is -1.35. The van der Waals surface area contributed by atoms with Crippen LogP contribution in [-0.2, 0) is 25.4 Å². The van der Waals surface area contributed by atoms with Crippen LogP contribution in [0.5, 0.6) is 11.5 Å². The summed E-state index contributed by atoms with van der Waals surface area (Å²) in [6.45, 7) is 4.75. The first kappa shape index (κ1) is 24.0. The van der Waals surface area contributed by atoms with Gasteiger partial charge < -0.3 is 23.7 Å².